The third-order valence-corrected chi connectivity index (χ3v) is 3.46. The van der Waals surface area contributed by atoms with Crippen LogP contribution in [0.15, 0.2) is 36.5 Å². The average Bonchev–Trinajstić information content (AvgIpc) is 3.10. The number of hydrogen-bond acceptors (Lipinski definition) is 2. The Morgan fingerprint density at radius 1 is 1.36 bits per heavy atom. The van der Waals surface area contributed by atoms with Crippen LogP contribution in [-0.4, -0.2) is 27.3 Å². The zero-order valence-corrected chi connectivity index (χ0v) is 12.3. The molecule has 1 aromatic carbocycles. The number of fused-ring (bicyclic) bond motifs is 1. The number of alkyl halides is 1. The minimum atomic E-state index is -0.501. The molecule has 0 saturated heterocycles. The Morgan fingerprint density at radius 3 is 3.05 bits per heavy atom. The lowest BCUT2D eigenvalue weighted by Gasteiger charge is -2.04. The summed E-state index contributed by atoms with van der Waals surface area (Å²) in [5.41, 5.74) is 3.50. The molecule has 5 nitrogen and oxygen atoms in total. The van der Waals surface area contributed by atoms with Gasteiger partial charge in [-0.1, -0.05) is 6.07 Å². The molecule has 0 radical (unpaired) electrons. The van der Waals surface area contributed by atoms with Gasteiger partial charge in [0.1, 0.15) is 12.4 Å². The molecule has 22 heavy (non-hydrogen) atoms. The molecule has 0 spiro atoms. The molecule has 3 rings (SSSR count). The van der Waals surface area contributed by atoms with E-state index in [-0.39, 0.29) is 12.5 Å². The molecule has 0 aliphatic carbocycles. The number of benzene rings is 1. The van der Waals surface area contributed by atoms with Crippen molar-refractivity contribution in [3.05, 3.63) is 53.5 Å². The van der Waals surface area contributed by atoms with Crippen molar-refractivity contribution < 1.29 is 9.18 Å². The van der Waals surface area contributed by atoms with Crippen molar-refractivity contribution in [2.24, 2.45) is 0 Å². The predicted molar refractivity (Wildman–Crippen MR) is 82.4 cm³/mol. The van der Waals surface area contributed by atoms with Crippen molar-refractivity contribution >= 4 is 16.8 Å². The molecular formula is C16H17FN4O. The van der Waals surface area contributed by atoms with E-state index in [1.54, 1.807) is 12.3 Å². The minimum Gasteiger partial charge on any atom is -0.359 e. The normalized spacial score (nSPS) is 11.0. The van der Waals surface area contributed by atoms with E-state index in [1.165, 1.54) is 4.68 Å². The lowest BCUT2D eigenvalue weighted by Crippen LogP contribution is -2.23. The summed E-state index contributed by atoms with van der Waals surface area (Å²) in [6.07, 6.45) is 1.60. The minimum absolute atomic E-state index is 0.163. The predicted octanol–water partition coefficient (Wildman–Crippen LogP) is 2.57. The molecule has 0 fully saturated rings. The average molecular weight is 300 g/mol. The first-order valence-electron chi connectivity index (χ1n) is 7.11. The van der Waals surface area contributed by atoms with Crippen LogP contribution < -0.4 is 5.32 Å². The lowest BCUT2D eigenvalue weighted by atomic mass is 10.1. The summed E-state index contributed by atoms with van der Waals surface area (Å²) < 4.78 is 13.6. The van der Waals surface area contributed by atoms with Gasteiger partial charge in [-0.25, -0.2) is 4.39 Å². The maximum Gasteiger partial charge on any atom is 0.272 e. The zero-order valence-electron chi connectivity index (χ0n) is 12.3. The number of aromatic amines is 1. The van der Waals surface area contributed by atoms with Crippen LogP contribution in [0.5, 0.6) is 0 Å². The fourth-order valence-electron chi connectivity index (χ4n) is 2.40. The van der Waals surface area contributed by atoms with Gasteiger partial charge in [-0.05, 0) is 42.1 Å². The van der Waals surface area contributed by atoms with Crippen LogP contribution in [0, 0.1) is 6.92 Å². The van der Waals surface area contributed by atoms with Crippen LogP contribution in [0.4, 0.5) is 4.39 Å². The number of carbonyl (C=O) groups excluding carboxylic acids is 1. The SMILES string of the molecule is Cc1cc2cc(CNC(=O)c3ccn(CCF)n3)ccc2[nH]1. The molecule has 6 heteroatoms. The van der Waals surface area contributed by atoms with Crippen molar-refractivity contribution in [3.63, 3.8) is 0 Å². The largest absolute Gasteiger partial charge is 0.359 e. The molecule has 2 heterocycles. The number of hydrogen-bond donors (Lipinski definition) is 2. The van der Waals surface area contributed by atoms with E-state index in [0.29, 0.717) is 12.2 Å². The summed E-state index contributed by atoms with van der Waals surface area (Å²) in [5.74, 6) is -0.261. The van der Waals surface area contributed by atoms with Crippen LogP contribution in [0.1, 0.15) is 21.7 Å². The van der Waals surface area contributed by atoms with Gasteiger partial charge in [0.05, 0.1) is 6.54 Å². The number of aromatic nitrogens is 3. The molecule has 0 saturated carbocycles. The summed E-state index contributed by atoms with van der Waals surface area (Å²) in [5, 5.41) is 7.97. The number of nitrogens with zero attached hydrogens (tertiary/aromatic N) is 2. The summed E-state index contributed by atoms with van der Waals surface area (Å²) in [4.78, 5) is 15.3. The maximum absolute atomic E-state index is 12.2. The highest BCUT2D eigenvalue weighted by Crippen LogP contribution is 2.16. The van der Waals surface area contributed by atoms with Gasteiger partial charge < -0.3 is 10.3 Å². The second-order valence-corrected chi connectivity index (χ2v) is 5.21. The first-order chi connectivity index (χ1) is 10.7. The highest BCUT2D eigenvalue weighted by molar-refractivity contribution is 5.92. The van der Waals surface area contributed by atoms with Crippen LogP contribution >= 0.6 is 0 Å². The van der Waals surface area contributed by atoms with Gasteiger partial charge in [-0.3, -0.25) is 9.48 Å². The molecule has 1 amide bonds. The van der Waals surface area contributed by atoms with E-state index in [4.69, 9.17) is 0 Å². The van der Waals surface area contributed by atoms with Crippen molar-refractivity contribution in [2.75, 3.05) is 6.67 Å². The number of carbonyl (C=O) groups is 1. The topological polar surface area (TPSA) is 62.7 Å². The number of nitrogens with one attached hydrogen (secondary N) is 2. The Hall–Kier alpha value is -2.63. The van der Waals surface area contributed by atoms with Gasteiger partial charge in [-0.15, -0.1) is 0 Å². The quantitative estimate of drug-likeness (QED) is 0.760. The van der Waals surface area contributed by atoms with Gasteiger partial charge in [0.2, 0.25) is 0 Å². The van der Waals surface area contributed by atoms with E-state index >= 15 is 0 Å². The van der Waals surface area contributed by atoms with Crippen LogP contribution in [0.2, 0.25) is 0 Å². The Balaban J connectivity index is 1.65. The van der Waals surface area contributed by atoms with Crippen LogP contribution in [-0.2, 0) is 13.1 Å². The molecule has 114 valence electrons. The number of rotatable bonds is 5. The van der Waals surface area contributed by atoms with Gasteiger partial charge in [0.15, 0.2) is 0 Å². The monoisotopic (exact) mass is 300 g/mol. The van der Waals surface area contributed by atoms with Crippen LogP contribution in [0.3, 0.4) is 0 Å². The molecule has 0 aliphatic heterocycles. The number of amides is 1. The Kier molecular flexibility index (Phi) is 3.91. The molecule has 0 atom stereocenters. The maximum atomic E-state index is 12.2. The third kappa shape index (κ3) is 3.00. The van der Waals surface area contributed by atoms with Crippen molar-refractivity contribution in [1.82, 2.24) is 20.1 Å². The zero-order chi connectivity index (χ0) is 15.5. The summed E-state index contributed by atoms with van der Waals surface area (Å²) in [7, 11) is 0. The van der Waals surface area contributed by atoms with E-state index in [2.05, 4.69) is 21.5 Å². The van der Waals surface area contributed by atoms with E-state index < -0.39 is 6.67 Å². The lowest BCUT2D eigenvalue weighted by molar-refractivity contribution is 0.0945. The van der Waals surface area contributed by atoms with Gasteiger partial charge in [0, 0.05) is 24.0 Å². The molecule has 0 aliphatic rings. The number of aryl methyl sites for hydroxylation is 2. The first kappa shape index (κ1) is 14.3. The van der Waals surface area contributed by atoms with Gasteiger partial charge >= 0.3 is 0 Å². The molecule has 2 aromatic heterocycles. The number of halogens is 1. The highest BCUT2D eigenvalue weighted by Gasteiger charge is 2.09. The molecule has 0 bridgehead atoms. The van der Waals surface area contributed by atoms with Crippen molar-refractivity contribution in [1.29, 1.82) is 0 Å². The van der Waals surface area contributed by atoms with Crippen LogP contribution in [0.25, 0.3) is 10.9 Å². The van der Waals surface area contributed by atoms with Crippen molar-refractivity contribution in [2.45, 2.75) is 20.0 Å². The van der Waals surface area contributed by atoms with Gasteiger partial charge in [-0.2, -0.15) is 5.10 Å². The Bertz CT molecular complexity index is 805. The van der Waals surface area contributed by atoms with Crippen molar-refractivity contribution in [3.8, 4) is 0 Å². The second-order valence-electron chi connectivity index (χ2n) is 5.21. The van der Waals surface area contributed by atoms with Gasteiger partial charge in [0.25, 0.3) is 5.91 Å². The van der Waals surface area contributed by atoms with E-state index in [9.17, 15) is 9.18 Å². The fourth-order valence-corrected chi connectivity index (χ4v) is 2.40. The Labute approximate surface area is 127 Å². The third-order valence-electron chi connectivity index (χ3n) is 3.46. The fraction of sp³-hybridized carbons (Fsp3) is 0.250. The standard InChI is InChI=1S/C16H17FN4O/c1-11-8-13-9-12(2-3-14(13)19-11)10-18-16(22)15-4-6-21(20-15)7-5-17/h2-4,6,8-9,19H,5,7,10H2,1H3,(H,18,22). The Morgan fingerprint density at radius 2 is 2.23 bits per heavy atom. The molecule has 3 aromatic rings. The molecule has 0 unspecified atom stereocenters. The highest BCUT2D eigenvalue weighted by atomic mass is 19.1. The summed E-state index contributed by atoms with van der Waals surface area (Å²) >= 11 is 0. The first-order valence-corrected chi connectivity index (χ1v) is 7.11. The van der Waals surface area contributed by atoms with E-state index in [1.807, 2.05) is 25.1 Å². The summed E-state index contributed by atoms with van der Waals surface area (Å²) in [6.45, 7) is 2.10. The summed E-state index contributed by atoms with van der Waals surface area (Å²) in [6, 6.07) is 9.67. The smallest absolute Gasteiger partial charge is 0.272 e. The molecular weight excluding hydrogens is 283 g/mol. The second kappa shape index (κ2) is 6.01. The number of H-pyrrole nitrogens is 1. The molecule has 2 N–H and O–H groups in total. The van der Waals surface area contributed by atoms with E-state index in [0.717, 1.165) is 22.2 Å².